The highest BCUT2D eigenvalue weighted by Gasteiger charge is 2.12. The van der Waals surface area contributed by atoms with Crippen LogP contribution in [0.5, 0.6) is 0 Å². The Kier molecular flexibility index (Phi) is 3.71. The molecular weight excluding hydrogens is 192 g/mol. The minimum Gasteiger partial charge on any atom is -0.391 e. The van der Waals surface area contributed by atoms with E-state index in [1.165, 1.54) is 6.33 Å². The fraction of sp³-hybridized carbons (Fsp3) is 0.600. The second-order valence-electron chi connectivity index (χ2n) is 3.90. The van der Waals surface area contributed by atoms with Crippen LogP contribution in [0.1, 0.15) is 20.8 Å². The van der Waals surface area contributed by atoms with Crippen LogP contribution in [0.4, 0.5) is 11.5 Å². The van der Waals surface area contributed by atoms with E-state index < -0.39 is 0 Å². The zero-order chi connectivity index (χ0) is 11.4. The van der Waals surface area contributed by atoms with Crippen molar-refractivity contribution in [2.75, 3.05) is 23.7 Å². The van der Waals surface area contributed by atoms with Gasteiger partial charge in [0.05, 0.1) is 6.33 Å². The van der Waals surface area contributed by atoms with Crippen molar-refractivity contribution in [3.63, 3.8) is 0 Å². The molecule has 0 aliphatic heterocycles. The van der Waals surface area contributed by atoms with Gasteiger partial charge in [-0.3, -0.25) is 4.79 Å². The summed E-state index contributed by atoms with van der Waals surface area (Å²) in [4.78, 5) is 19.9. The van der Waals surface area contributed by atoms with Crippen molar-refractivity contribution in [2.24, 2.45) is 5.92 Å². The molecule has 1 aromatic heterocycles. The molecule has 1 rings (SSSR count). The highest BCUT2D eigenvalue weighted by Crippen LogP contribution is 2.15. The quantitative estimate of drug-likeness (QED) is 0.772. The van der Waals surface area contributed by atoms with Gasteiger partial charge in [0.1, 0.15) is 5.69 Å². The predicted molar refractivity (Wildman–Crippen MR) is 62.0 cm³/mol. The van der Waals surface area contributed by atoms with Crippen molar-refractivity contribution in [3.8, 4) is 0 Å². The molecule has 0 aliphatic carbocycles. The molecule has 1 aromatic rings. The van der Waals surface area contributed by atoms with Crippen LogP contribution in [0.3, 0.4) is 0 Å². The topological polar surface area (TPSA) is 75.0 Å². The summed E-state index contributed by atoms with van der Waals surface area (Å²) in [5.41, 5.74) is 5.61. The van der Waals surface area contributed by atoms with Crippen LogP contribution in [0.15, 0.2) is 11.1 Å². The van der Waals surface area contributed by atoms with Crippen LogP contribution in [-0.4, -0.2) is 23.1 Å². The number of hydrogen-bond acceptors (Lipinski definition) is 4. The van der Waals surface area contributed by atoms with Crippen molar-refractivity contribution in [1.82, 2.24) is 9.97 Å². The SMILES string of the molecule is CCN(CC(C)C)c1nc[nH]c(=O)c1N. The van der Waals surface area contributed by atoms with Crippen molar-refractivity contribution in [3.05, 3.63) is 16.7 Å². The Morgan fingerprint density at radius 1 is 1.60 bits per heavy atom. The second-order valence-corrected chi connectivity index (χ2v) is 3.90. The first kappa shape index (κ1) is 11.6. The van der Waals surface area contributed by atoms with E-state index in [1.807, 2.05) is 11.8 Å². The molecule has 0 radical (unpaired) electrons. The molecule has 0 saturated carbocycles. The summed E-state index contributed by atoms with van der Waals surface area (Å²) in [6.45, 7) is 7.89. The summed E-state index contributed by atoms with van der Waals surface area (Å²) in [6.07, 6.45) is 1.39. The fourth-order valence-electron chi connectivity index (χ4n) is 1.46. The van der Waals surface area contributed by atoms with Crippen molar-refractivity contribution in [2.45, 2.75) is 20.8 Å². The third kappa shape index (κ3) is 2.71. The first-order valence-corrected chi connectivity index (χ1v) is 5.14. The number of nitrogen functional groups attached to an aromatic ring is 1. The summed E-state index contributed by atoms with van der Waals surface area (Å²) in [7, 11) is 0. The molecule has 0 amide bonds. The van der Waals surface area contributed by atoms with E-state index in [0.717, 1.165) is 13.1 Å². The molecule has 5 nitrogen and oxygen atoms in total. The van der Waals surface area contributed by atoms with E-state index in [9.17, 15) is 4.79 Å². The first-order chi connectivity index (χ1) is 7.06. The Hall–Kier alpha value is -1.52. The average Bonchev–Trinajstić information content (AvgIpc) is 2.19. The standard InChI is InChI=1S/C10H18N4O/c1-4-14(5-7(2)3)9-8(11)10(15)13-6-12-9/h6-7H,4-5,11H2,1-3H3,(H,12,13,15). The van der Waals surface area contributed by atoms with Gasteiger partial charge in [0, 0.05) is 13.1 Å². The van der Waals surface area contributed by atoms with Gasteiger partial charge in [0.2, 0.25) is 0 Å². The summed E-state index contributed by atoms with van der Waals surface area (Å²) >= 11 is 0. The maximum Gasteiger partial charge on any atom is 0.276 e. The van der Waals surface area contributed by atoms with E-state index in [-0.39, 0.29) is 11.2 Å². The van der Waals surface area contributed by atoms with Crippen LogP contribution in [0.2, 0.25) is 0 Å². The minimum absolute atomic E-state index is 0.194. The molecule has 5 heteroatoms. The molecule has 0 unspecified atom stereocenters. The Morgan fingerprint density at radius 2 is 2.27 bits per heavy atom. The Bertz CT molecular complexity index is 372. The van der Waals surface area contributed by atoms with E-state index in [4.69, 9.17) is 5.73 Å². The molecule has 0 aromatic carbocycles. The number of hydrogen-bond donors (Lipinski definition) is 2. The maximum absolute atomic E-state index is 11.3. The molecular formula is C10H18N4O. The zero-order valence-electron chi connectivity index (χ0n) is 9.45. The number of aromatic nitrogens is 2. The van der Waals surface area contributed by atoms with Crippen molar-refractivity contribution in [1.29, 1.82) is 0 Å². The highest BCUT2D eigenvalue weighted by atomic mass is 16.1. The number of anilines is 2. The van der Waals surface area contributed by atoms with Gasteiger partial charge in [0.25, 0.3) is 5.56 Å². The van der Waals surface area contributed by atoms with Crippen molar-refractivity contribution >= 4 is 11.5 Å². The molecule has 0 aliphatic rings. The minimum atomic E-state index is -0.276. The van der Waals surface area contributed by atoms with E-state index in [2.05, 4.69) is 23.8 Å². The number of nitrogens with zero attached hydrogens (tertiary/aromatic N) is 2. The number of nitrogens with one attached hydrogen (secondary N) is 1. The van der Waals surface area contributed by atoms with Gasteiger partial charge in [0.15, 0.2) is 5.82 Å². The number of nitrogens with two attached hydrogens (primary N) is 1. The molecule has 1 heterocycles. The van der Waals surface area contributed by atoms with Crippen molar-refractivity contribution < 1.29 is 0 Å². The summed E-state index contributed by atoms with van der Waals surface area (Å²) < 4.78 is 0. The molecule has 0 atom stereocenters. The molecule has 3 N–H and O–H groups in total. The Labute approximate surface area is 89.3 Å². The van der Waals surface area contributed by atoms with Crippen LogP contribution < -0.4 is 16.2 Å². The molecule has 0 spiro atoms. The summed E-state index contributed by atoms with van der Waals surface area (Å²) in [6, 6.07) is 0. The predicted octanol–water partition coefficient (Wildman–Crippen LogP) is 0.834. The van der Waals surface area contributed by atoms with Gasteiger partial charge < -0.3 is 15.6 Å². The summed E-state index contributed by atoms with van der Waals surface area (Å²) in [5.74, 6) is 1.08. The van der Waals surface area contributed by atoms with E-state index in [1.54, 1.807) is 0 Å². The van der Waals surface area contributed by atoms with E-state index >= 15 is 0 Å². The van der Waals surface area contributed by atoms with Gasteiger partial charge in [-0.1, -0.05) is 13.8 Å². The van der Waals surface area contributed by atoms with Crippen LogP contribution in [0.25, 0.3) is 0 Å². The summed E-state index contributed by atoms with van der Waals surface area (Å²) in [5, 5.41) is 0. The molecule has 0 fully saturated rings. The smallest absolute Gasteiger partial charge is 0.276 e. The Morgan fingerprint density at radius 3 is 2.80 bits per heavy atom. The monoisotopic (exact) mass is 210 g/mol. The van der Waals surface area contributed by atoms with Gasteiger partial charge >= 0.3 is 0 Å². The lowest BCUT2D eigenvalue weighted by Gasteiger charge is -2.24. The van der Waals surface area contributed by atoms with Gasteiger partial charge in [-0.25, -0.2) is 4.98 Å². The molecule has 15 heavy (non-hydrogen) atoms. The van der Waals surface area contributed by atoms with Gasteiger partial charge in [-0.05, 0) is 12.8 Å². The van der Waals surface area contributed by atoms with Gasteiger partial charge in [-0.2, -0.15) is 0 Å². The third-order valence-corrected chi connectivity index (χ3v) is 2.13. The second kappa shape index (κ2) is 4.82. The Balaban J connectivity index is 3.01. The van der Waals surface area contributed by atoms with E-state index in [0.29, 0.717) is 11.7 Å². The van der Waals surface area contributed by atoms with Crippen LogP contribution >= 0.6 is 0 Å². The molecule has 84 valence electrons. The fourth-order valence-corrected chi connectivity index (χ4v) is 1.46. The van der Waals surface area contributed by atoms with Gasteiger partial charge in [-0.15, -0.1) is 0 Å². The maximum atomic E-state index is 11.3. The lowest BCUT2D eigenvalue weighted by atomic mass is 10.2. The van der Waals surface area contributed by atoms with Crippen LogP contribution in [0, 0.1) is 5.92 Å². The first-order valence-electron chi connectivity index (χ1n) is 5.14. The normalized spacial score (nSPS) is 10.7. The highest BCUT2D eigenvalue weighted by molar-refractivity contribution is 5.60. The largest absolute Gasteiger partial charge is 0.391 e. The lowest BCUT2D eigenvalue weighted by molar-refractivity contribution is 0.614. The number of H-pyrrole nitrogens is 1. The molecule has 0 saturated heterocycles. The third-order valence-electron chi connectivity index (χ3n) is 2.13. The number of rotatable bonds is 4. The average molecular weight is 210 g/mol. The number of aromatic amines is 1. The zero-order valence-corrected chi connectivity index (χ0v) is 9.45. The van der Waals surface area contributed by atoms with Crippen LogP contribution in [-0.2, 0) is 0 Å². The lowest BCUT2D eigenvalue weighted by Crippen LogP contribution is -2.31. The molecule has 0 bridgehead atoms.